The van der Waals surface area contributed by atoms with Crippen molar-refractivity contribution in [1.82, 2.24) is 5.32 Å². The second-order valence-corrected chi connectivity index (χ2v) is 5.14. The fourth-order valence-corrected chi connectivity index (χ4v) is 2.34. The Morgan fingerprint density at radius 3 is 2.70 bits per heavy atom. The van der Waals surface area contributed by atoms with Gasteiger partial charge in [-0.1, -0.05) is 15.9 Å². The minimum atomic E-state index is -1.50. The molecule has 1 aromatic rings. The highest BCUT2D eigenvalue weighted by Gasteiger charge is 2.39. The molecule has 1 N–H and O–H groups in total. The maximum Gasteiger partial charge on any atom is 0.281 e. The first-order chi connectivity index (χ1) is 9.41. The molecule has 1 heterocycles. The van der Waals surface area contributed by atoms with E-state index >= 15 is 0 Å². The number of hydrogen-bond donors (Lipinski definition) is 1. The van der Waals surface area contributed by atoms with Crippen LogP contribution in [0.2, 0.25) is 0 Å². The lowest BCUT2D eigenvalue weighted by Gasteiger charge is -2.19. The lowest BCUT2D eigenvalue weighted by Crippen LogP contribution is -2.46. The van der Waals surface area contributed by atoms with Crippen molar-refractivity contribution in [2.45, 2.75) is 6.42 Å². The Kier molecular flexibility index (Phi) is 3.93. The highest BCUT2D eigenvalue weighted by molar-refractivity contribution is 9.10. The van der Waals surface area contributed by atoms with Crippen LogP contribution in [0.4, 0.5) is 5.69 Å². The molecular formula is C12H9BrN2O5. The number of rotatable bonds is 3. The molecule has 1 atom stereocenters. The van der Waals surface area contributed by atoms with Gasteiger partial charge in [-0.2, -0.15) is 0 Å². The average molecular weight is 341 g/mol. The summed E-state index contributed by atoms with van der Waals surface area (Å²) in [6.07, 6.45) is 0.0481. The van der Waals surface area contributed by atoms with Crippen LogP contribution in [0.5, 0.6) is 0 Å². The van der Waals surface area contributed by atoms with Crippen LogP contribution in [-0.2, 0) is 9.59 Å². The van der Waals surface area contributed by atoms with Crippen LogP contribution in [0.1, 0.15) is 16.8 Å². The Morgan fingerprint density at radius 2 is 2.10 bits per heavy atom. The molecule has 104 valence electrons. The van der Waals surface area contributed by atoms with Gasteiger partial charge in [-0.05, 0) is 12.1 Å². The number of amides is 1. The van der Waals surface area contributed by atoms with Crippen molar-refractivity contribution in [2.24, 2.45) is 5.92 Å². The minimum Gasteiger partial charge on any atom is -0.355 e. The third-order valence-electron chi connectivity index (χ3n) is 2.94. The Morgan fingerprint density at radius 1 is 1.40 bits per heavy atom. The molecule has 2 rings (SSSR count). The van der Waals surface area contributed by atoms with Crippen molar-refractivity contribution in [3.63, 3.8) is 0 Å². The topological polar surface area (TPSA) is 106 Å². The van der Waals surface area contributed by atoms with E-state index in [1.165, 1.54) is 18.2 Å². The predicted molar refractivity (Wildman–Crippen MR) is 71.3 cm³/mol. The van der Waals surface area contributed by atoms with Gasteiger partial charge in [-0.25, -0.2) is 0 Å². The van der Waals surface area contributed by atoms with Gasteiger partial charge in [0.2, 0.25) is 5.91 Å². The summed E-state index contributed by atoms with van der Waals surface area (Å²) in [6.45, 7) is 0.184. The number of benzene rings is 1. The molecule has 1 aliphatic rings. The van der Waals surface area contributed by atoms with Crippen LogP contribution in [0.25, 0.3) is 0 Å². The monoisotopic (exact) mass is 340 g/mol. The third kappa shape index (κ3) is 2.60. The van der Waals surface area contributed by atoms with Crippen molar-refractivity contribution in [3.05, 3.63) is 38.3 Å². The summed E-state index contributed by atoms with van der Waals surface area (Å²) in [5.41, 5.74) is -0.677. The molecule has 0 bridgehead atoms. The predicted octanol–water partition coefficient (Wildman–Crippen LogP) is 1.25. The van der Waals surface area contributed by atoms with Crippen LogP contribution in [-0.4, -0.2) is 28.9 Å². The van der Waals surface area contributed by atoms with E-state index < -0.39 is 34.0 Å². The first-order valence-corrected chi connectivity index (χ1v) is 6.49. The SMILES string of the molecule is O=C1CCNC(=O)C1C(=O)c1ccc(Br)cc1[N+](=O)[O-]. The van der Waals surface area contributed by atoms with Crippen molar-refractivity contribution >= 4 is 39.1 Å². The van der Waals surface area contributed by atoms with Crippen molar-refractivity contribution in [1.29, 1.82) is 0 Å². The van der Waals surface area contributed by atoms with E-state index in [0.717, 1.165) is 0 Å². The average Bonchev–Trinajstić information content (AvgIpc) is 2.38. The largest absolute Gasteiger partial charge is 0.355 e. The number of nitro benzene ring substituents is 1. The highest BCUT2D eigenvalue weighted by Crippen LogP contribution is 2.27. The number of Topliss-reactive ketones (excluding diaryl/α,β-unsaturated/α-hetero) is 2. The molecule has 20 heavy (non-hydrogen) atoms. The summed E-state index contributed by atoms with van der Waals surface area (Å²) < 4.78 is 0.431. The molecule has 8 heteroatoms. The van der Waals surface area contributed by atoms with Crippen LogP contribution in [0.3, 0.4) is 0 Å². The zero-order valence-electron chi connectivity index (χ0n) is 10.1. The van der Waals surface area contributed by atoms with Crippen LogP contribution < -0.4 is 5.32 Å². The van der Waals surface area contributed by atoms with E-state index in [0.29, 0.717) is 4.47 Å². The molecule has 0 aromatic heterocycles. The second kappa shape index (κ2) is 5.49. The lowest BCUT2D eigenvalue weighted by atomic mass is 9.88. The quantitative estimate of drug-likeness (QED) is 0.385. The Hall–Kier alpha value is -2.09. The van der Waals surface area contributed by atoms with Crippen LogP contribution in [0, 0.1) is 16.0 Å². The minimum absolute atomic E-state index is 0.0481. The Labute approximate surface area is 121 Å². The lowest BCUT2D eigenvalue weighted by molar-refractivity contribution is -0.385. The number of nitro groups is 1. The van der Waals surface area contributed by atoms with Gasteiger partial charge in [0, 0.05) is 23.5 Å². The summed E-state index contributed by atoms with van der Waals surface area (Å²) in [7, 11) is 0. The molecule has 0 radical (unpaired) electrons. The number of nitrogens with one attached hydrogen (secondary N) is 1. The highest BCUT2D eigenvalue weighted by atomic mass is 79.9. The molecule has 0 spiro atoms. The third-order valence-corrected chi connectivity index (χ3v) is 3.43. The number of piperidine rings is 1. The van der Waals surface area contributed by atoms with E-state index in [-0.39, 0.29) is 18.5 Å². The van der Waals surface area contributed by atoms with Gasteiger partial charge in [0.05, 0.1) is 10.5 Å². The fraction of sp³-hybridized carbons (Fsp3) is 0.250. The van der Waals surface area contributed by atoms with E-state index in [1.54, 1.807) is 0 Å². The maximum absolute atomic E-state index is 12.3. The molecule has 1 fully saturated rings. The molecular weight excluding hydrogens is 332 g/mol. The molecule has 1 aliphatic heterocycles. The molecule has 1 unspecified atom stereocenters. The van der Waals surface area contributed by atoms with Crippen molar-refractivity contribution in [2.75, 3.05) is 6.54 Å². The number of carbonyl (C=O) groups is 3. The van der Waals surface area contributed by atoms with Crippen molar-refractivity contribution in [3.8, 4) is 0 Å². The summed E-state index contributed by atoms with van der Waals surface area (Å²) in [4.78, 5) is 45.9. The molecule has 0 aliphatic carbocycles. The molecule has 1 aromatic carbocycles. The summed E-state index contributed by atoms with van der Waals surface area (Å²) >= 11 is 3.07. The van der Waals surface area contributed by atoms with Crippen LogP contribution >= 0.6 is 15.9 Å². The maximum atomic E-state index is 12.3. The first-order valence-electron chi connectivity index (χ1n) is 5.70. The number of nitrogens with zero attached hydrogens (tertiary/aromatic N) is 1. The summed E-state index contributed by atoms with van der Waals surface area (Å²) in [5.74, 6) is -3.56. The van der Waals surface area contributed by atoms with Gasteiger partial charge in [0.25, 0.3) is 5.69 Å². The van der Waals surface area contributed by atoms with Crippen LogP contribution in [0.15, 0.2) is 22.7 Å². The molecule has 0 saturated carbocycles. The smallest absolute Gasteiger partial charge is 0.281 e. The van der Waals surface area contributed by atoms with Gasteiger partial charge in [0.15, 0.2) is 17.5 Å². The summed E-state index contributed by atoms with van der Waals surface area (Å²) in [6, 6.07) is 3.85. The normalized spacial score (nSPS) is 18.6. The molecule has 1 amide bonds. The Balaban J connectivity index is 2.45. The number of hydrogen-bond acceptors (Lipinski definition) is 5. The van der Waals surface area contributed by atoms with E-state index in [4.69, 9.17) is 0 Å². The fourth-order valence-electron chi connectivity index (χ4n) is 1.99. The zero-order chi connectivity index (χ0) is 14.9. The number of halogens is 1. The number of carbonyl (C=O) groups excluding carboxylic acids is 3. The second-order valence-electron chi connectivity index (χ2n) is 4.22. The van der Waals surface area contributed by atoms with E-state index in [1.807, 2.05) is 0 Å². The zero-order valence-corrected chi connectivity index (χ0v) is 11.7. The molecule has 1 saturated heterocycles. The van der Waals surface area contributed by atoms with Gasteiger partial charge in [0.1, 0.15) is 0 Å². The van der Waals surface area contributed by atoms with Gasteiger partial charge < -0.3 is 5.32 Å². The van der Waals surface area contributed by atoms with E-state index in [9.17, 15) is 24.5 Å². The Bertz CT molecular complexity index is 612. The summed E-state index contributed by atoms with van der Waals surface area (Å²) in [5, 5.41) is 13.4. The number of ketones is 2. The van der Waals surface area contributed by atoms with Gasteiger partial charge in [-0.15, -0.1) is 0 Å². The van der Waals surface area contributed by atoms with Gasteiger partial charge in [-0.3, -0.25) is 24.5 Å². The van der Waals surface area contributed by atoms with Gasteiger partial charge >= 0.3 is 0 Å². The first kappa shape index (κ1) is 14.3. The van der Waals surface area contributed by atoms with E-state index in [2.05, 4.69) is 21.2 Å². The standard InChI is InChI=1S/C12H9BrN2O5/c13-6-1-2-7(8(5-6)15(19)20)11(17)10-9(16)3-4-14-12(10)18/h1-2,5,10H,3-4H2,(H,14,18). The molecule has 7 nitrogen and oxygen atoms in total. The van der Waals surface area contributed by atoms with Crippen molar-refractivity contribution < 1.29 is 19.3 Å².